The Morgan fingerprint density at radius 3 is 2.83 bits per heavy atom. The molecule has 24 heavy (non-hydrogen) atoms. The van der Waals surface area contributed by atoms with Gasteiger partial charge in [0.1, 0.15) is 11.4 Å². The number of aliphatic hydroxyl groups is 1. The fourth-order valence-corrected chi connectivity index (χ4v) is 2.29. The van der Waals surface area contributed by atoms with Crippen molar-refractivity contribution < 1.29 is 14.6 Å². The van der Waals surface area contributed by atoms with Crippen LogP contribution in [0, 0.1) is 13.8 Å². The third kappa shape index (κ3) is 4.58. The summed E-state index contributed by atoms with van der Waals surface area (Å²) < 4.78 is 7.29. The van der Waals surface area contributed by atoms with Crippen LogP contribution in [0.2, 0.25) is 0 Å². The lowest BCUT2D eigenvalue weighted by Crippen LogP contribution is -2.38. The number of nitrogens with one attached hydrogen (secondary N) is 1. The van der Waals surface area contributed by atoms with Gasteiger partial charge in [0.05, 0.1) is 25.8 Å². The SMILES string of the molecule is Cc1cccc(OCCC(=O)NCC(C)(O)c2cnn(C)c2)c1C. The van der Waals surface area contributed by atoms with Gasteiger partial charge < -0.3 is 15.2 Å². The van der Waals surface area contributed by atoms with Gasteiger partial charge in [-0.05, 0) is 38.0 Å². The van der Waals surface area contributed by atoms with Crippen molar-refractivity contribution in [2.75, 3.05) is 13.2 Å². The third-order valence-electron chi connectivity index (χ3n) is 4.10. The van der Waals surface area contributed by atoms with Crippen LogP contribution >= 0.6 is 0 Å². The number of carbonyl (C=O) groups is 1. The Morgan fingerprint density at radius 1 is 1.42 bits per heavy atom. The number of hydrogen-bond donors (Lipinski definition) is 2. The molecule has 2 N–H and O–H groups in total. The summed E-state index contributed by atoms with van der Waals surface area (Å²) in [5.74, 6) is 0.634. The third-order valence-corrected chi connectivity index (χ3v) is 4.10. The van der Waals surface area contributed by atoms with Gasteiger partial charge in [-0.3, -0.25) is 9.48 Å². The van der Waals surface area contributed by atoms with Gasteiger partial charge in [-0.1, -0.05) is 12.1 Å². The van der Waals surface area contributed by atoms with E-state index >= 15 is 0 Å². The largest absolute Gasteiger partial charge is 0.493 e. The topological polar surface area (TPSA) is 76.4 Å². The Bertz CT molecular complexity index is 707. The highest BCUT2D eigenvalue weighted by molar-refractivity contribution is 5.76. The standard InChI is InChI=1S/C18H25N3O3/c1-13-6-5-7-16(14(13)2)24-9-8-17(22)19-12-18(3,23)15-10-20-21(4)11-15/h5-7,10-11,23H,8-9,12H2,1-4H3,(H,19,22). The van der Waals surface area contributed by atoms with E-state index in [1.54, 1.807) is 31.0 Å². The average Bonchev–Trinajstić information content (AvgIpc) is 2.97. The molecule has 1 unspecified atom stereocenters. The Labute approximate surface area is 142 Å². The zero-order chi connectivity index (χ0) is 17.7. The number of hydrogen-bond acceptors (Lipinski definition) is 4. The van der Waals surface area contributed by atoms with Crippen molar-refractivity contribution in [3.63, 3.8) is 0 Å². The average molecular weight is 331 g/mol. The highest BCUT2D eigenvalue weighted by Crippen LogP contribution is 2.21. The van der Waals surface area contributed by atoms with Gasteiger partial charge in [-0.25, -0.2) is 0 Å². The van der Waals surface area contributed by atoms with E-state index in [4.69, 9.17) is 4.74 Å². The second kappa shape index (κ2) is 7.49. The van der Waals surface area contributed by atoms with E-state index in [0.29, 0.717) is 12.2 Å². The number of ether oxygens (including phenoxy) is 1. The van der Waals surface area contributed by atoms with Gasteiger partial charge >= 0.3 is 0 Å². The number of amides is 1. The van der Waals surface area contributed by atoms with Crippen LogP contribution in [0.25, 0.3) is 0 Å². The molecule has 130 valence electrons. The molecule has 0 saturated heterocycles. The van der Waals surface area contributed by atoms with Crippen LogP contribution in [-0.4, -0.2) is 33.9 Å². The molecular weight excluding hydrogens is 306 g/mol. The molecule has 0 aliphatic heterocycles. The van der Waals surface area contributed by atoms with Crippen LogP contribution < -0.4 is 10.1 Å². The lowest BCUT2D eigenvalue weighted by Gasteiger charge is -2.22. The fraction of sp³-hybridized carbons (Fsp3) is 0.444. The number of rotatable bonds is 7. The van der Waals surface area contributed by atoms with Crippen LogP contribution in [-0.2, 0) is 17.4 Å². The molecule has 1 heterocycles. The molecule has 0 aliphatic carbocycles. The van der Waals surface area contributed by atoms with Crippen molar-refractivity contribution >= 4 is 5.91 Å². The minimum atomic E-state index is -1.15. The first-order valence-corrected chi connectivity index (χ1v) is 7.97. The number of benzene rings is 1. The monoisotopic (exact) mass is 331 g/mol. The molecule has 0 saturated carbocycles. The molecule has 2 rings (SSSR count). The van der Waals surface area contributed by atoms with E-state index in [1.165, 1.54) is 0 Å². The predicted octanol–water partition coefficient (Wildman–Crippen LogP) is 1.83. The molecular formula is C18H25N3O3. The normalized spacial score (nSPS) is 13.4. The Kier molecular flexibility index (Phi) is 5.62. The first-order chi connectivity index (χ1) is 11.3. The Hall–Kier alpha value is -2.34. The first kappa shape index (κ1) is 18.0. The summed E-state index contributed by atoms with van der Waals surface area (Å²) in [7, 11) is 1.78. The minimum Gasteiger partial charge on any atom is -0.493 e. The molecule has 1 aromatic carbocycles. The zero-order valence-electron chi connectivity index (χ0n) is 14.7. The van der Waals surface area contributed by atoms with Crippen molar-refractivity contribution in [3.05, 3.63) is 47.3 Å². The lowest BCUT2D eigenvalue weighted by molar-refractivity contribution is -0.122. The highest BCUT2D eigenvalue weighted by atomic mass is 16.5. The molecule has 0 radical (unpaired) electrons. The Morgan fingerprint density at radius 2 is 2.17 bits per heavy atom. The molecule has 1 atom stereocenters. The van der Waals surface area contributed by atoms with E-state index in [1.807, 2.05) is 32.0 Å². The van der Waals surface area contributed by atoms with Gasteiger partial charge in [0.15, 0.2) is 0 Å². The molecule has 0 aliphatic rings. The molecule has 0 fully saturated rings. The van der Waals surface area contributed by atoms with E-state index in [0.717, 1.165) is 16.9 Å². The van der Waals surface area contributed by atoms with Crippen LogP contribution in [0.3, 0.4) is 0 Å². The van der Waals surface area contributed by atoms with E-state index in [-0.39, 0.29) is 18.9 Å². The predicted molar refractivity (Wildman–Crippen MR) is 91.8 cm³/mol. The van der Waals surface area contributed by atoms with Gasteiger partial charge in [-0.15, -0.1) is 0 Å². The molecule has 6 heteroatoms. The maximum absolute atomic E-state index is 11.9. The van der Waals surface area contributed by atoms with Crippen LogP contribution in [0.1, 0.15) is 30.0 Å². The second-order valence-electron chi connectivity index (χ2n) is 6.25. The summed E-state index contributed by atoms with van der Waals surface area (Å²) >= 11 is 0. The Balaban J connectivity index is 1.78. The summed E-state index contributed by atoms with van der Waals surface area (Å²) in [4.78, 5) is 11.9. The number of nitrogens with zero attached hydrogens (tertiary/aromatic N) is 2. The molecule has 0 bridgehead atoms. The van der Waals surface area contributed by atoms with Crippen LogP contribution in [0.4, 0.5) is 0 Å². The number of carbonyl (C=O) groups excluding carboxylic acids is 1. The van der Waals surface area contributed by atoms with E-state index in [9.17, 15) is 9.90 Å². The van der Waals surface area contributed by atoms with Gasteiger partial charge in [0, 0.05) is 18.8 Å². The first-order valence-electron chi connectivity index (χ1n) is 7.97. The zero-order valence-corrected chi connectivity index (χ0v) is 14.7. The number of aryl methyl sites for hydroxylation is 2. The smallest absolute Gasteiger partial charge is 0.223 e. The van der Waals surface area contributed by atoms with Crippen LogP contribution in [0.5, 0.6) is 5.75 Å². The molecule has 2 aromatic rings. The van der Waals surface area contributed by atoms with Crippen molar-refractivity contribution in [2.45, 2.75) is 32.8 Å². The van der Waals surface area contributed by atoms with Crippen molar-refractivity contribution in [3.8, 4) is 5.75 Å². The highest BCUT2D eigenvalue weighted by Gasteiger charge is 2.25. The second-order valence-corrected chi connectivity index (χ2v) is 6.25. The maximum Gasteiger partial charge on any atom is 0.223 e. The van der Waals surface area contributed by atoms with Crippen LogP contribution in [0.15, 0.2) is 30.6 Å². The molecule has 1 amide bonds. The summed E-state index contributed by atoms with van der Waals surface area (Å²) in [5, 5.41) is 17.2. The number of aromatic nitrogens is 2. The summed E-state index contributed by atoms with van der Waals surface area (Å²) in [6.07, 6.45) is 3.56. The summed E-state index contributed by atoms with van der Waals surface area (Å²) in [5.41, 5.74) is 1.75. The van der Waals surface area contributed by atoms with Gasteiger partial charge in [-0.2, -0.15) is 5.10 Å². The lowest BCUT2D eigenvalue weighted by atomic mass is 10.00. The molecule has 0 spiro atoms. The maximum atomic E-state index is 11.9. The minimum absolute atomic E-state index is 0.126. The summed E-state index contributed by atoms with van der Waals surface area (Å²) in [6.45, 7) is 6.09. The van der Waals surface area contributed by atoms with Crippen molar-refractivity contribution in [1.29, 1.82) is 0 Å². The van der Waals surface area contributed by atoms with Gasteiger partial charge in [0.2, 0.25) is 5.91 Å². The van der Waals surface area contributed by atoms with E-state index < -0.39 is 5.60 Å². The molecule has 6 nitrogen and oxygen atoms in total. The quantitative estimate of drug-likeness (QED) is 0.811. The summed E-state index contributed by atoms with van der Waals surface area (Å²) in [6, 6.07) is 5.85. The van der Waals surface area contributed by atoms with Crippen molar-refractivity contribution in [2.24, 2.45) is 7.05 Å². The van der Waals surface area contributed by atoms with Gasteiger partial charge in [0.25, 0.3) is 0 Å². The molecule has 1 aromatic heterocycles. The fourth-order valence-electron chi connectivity index (χ4n) is 2.29. The van der Waals surface area contributed by atoms with E-state index in [2.05, 4.69) is 10.4 Å². The van der Waals surface area contributed by atoms with Crippen molar-refractivity contribution in [1.82, 2.24) is 15.1 Å².